The lowest BCUT2D eigenvalue weighted by atomic mass is 10.1. The van der Waals surface area contributed by atoms with Gasteiger partial charge in [0.25, 0.3) is 0 Å². The Morgan fingerprint density at radius 1 is 1.21 bits per heavy atom. The first-order chi connectivity index (χ1) is 11.0. The summed E-state index contributed by atoms with van der Waals surface area (Å²) in [6.45, 7) is 3.68. The summed E-state index contributed by atoms with van der Waals surface area (Å²) in [4.78, 5) is 15.1. The Morgan fingerprint density at radius 3 is 2.67 bits per heavy atom. The molecule has 0 spiro atoms. The largest absolute Gasteiger partial charge is 0.508 e. The van der Waals surface area contributed by atoms with Gasteiger partial charge in [0.2, 0.25) is 0 Å². The first kappa shape index (κ1) is 19.0. The molecule has 0 aliphatic heterocycles. The monoisotopic (exact) mass is 456 g/mol. The van der Waals surface area contributed by atoms with Crippen molar-refractivity contribution in [2.24, 2.45) is 0 Å². The number of nitrogens with one attached hydrogen (secondary N) is 1. The van der Waals surface area contributed by atoms with Crippen LogP contribution in [0.15, 0.2) is 35.1 Å². The van der Waals surface area contributed by atoms with Crippen LogP contribution < -0.4 is 10.7 Å². The van der Waals surface area contributed by atoms with Crippen molar-refractivity contribution in [3.05, 3.63) is 46.1 Å². The Labute approximate surface area is 162 Å². The number of phenols is 1. The molecule has 3 rings (SSSR count). The van der Waals surface area contributed by atoms with E-state index in [2.05, 4.69) is 10.2 Å². The average Bonchev–Trinajstić information content (AvgIpc) is 2.50. The fourth-order valence-corrected chi connectivity index (χ4v) is 3.79. The number of hydrogen-bond acceptors (Lipinski definition) is 5. The van der Waals surface area contributed by atoms with Crippen molar-refractivity contribution in [3.63, 3.8) is 0 Å². The van der Waals surface area contributed by atoms with Gasteiger partial charge in [-0.25, -0.2) is 0 Å². The molecular formula is C18H21IN2O2S. The molecule has 1 aromatic heterocycles. The van der Waals surface area contributed by atoms with E-state index >= 15 is 0 Å². The molecule has 0 unspecified atom stereocenters. The third-order valence-corrected chi connectivity index (χ3v) is 5.18. The predicted molar refractivity (Wildman–Crippen MR) is 114 cm³/mol. The summed E-state index contributed by atoms with van der Waals surface area (Å²) in [7, 11) is 4.04. The average molecular weight is 456 g/mol. The van der Waals surface area contributed by atoms with Crippen LogP contribution >= 0.6 is 35.3 Å². The number of aryl methyl sites for hydroxylation is 1. The zero-order chi connectivity index (χ0) is 16.6. The van der Waals surface area contributed by atoms with Crippen molar-refractivity contribution < 1.29 is 5.11 Å². The van der Waals surface area contributed by atoms with E-state index in [0.29, 0.717) is 10.8 Å². The van der Waals surface area contributed by atoms with Crippen molar-refractivity contribution in [1.82, 2.24) is 4.90 Å². The number of fused-ring (bicyclic) bond motifs is 2. The molecule has 0 saturated carbocycles. The van der Waals surface area contributed by atoms with Crippen molar-refractivity contribution >= 4 is 61.2 Å². The second kappa shape index (κ2) is 7.67. The topological polar surface area (TPSA) is 52.6 Å². The van der Waals surface area contributed by atoms with Gasteiger partial charge in [-0.2, -0.15) is 0 Å². The first-order valence-corrected chi connectivity index (χ1v) is 8.37. The SMILES string of the molecule is Cc1ccc(NCCN(C)C)c2c(=O)c3cc(O)ccc3sc12.I. The standard InChI is InChI=1S/C18H20N2O2S.HI/c1-11-4-6-14(19-8-9-20(2)3)16-17(22)13-10-12(21)5-7-15(13)23-18(11)16;/h4-7,10,19,21H,8-9H2,1-3H3;1H. The van der Waals surface area contributed by atoms with Gasteiger partial charge >= 0.3 is 0 Å². The first-order valence-electron chi connectivity index (χ1n) is 7.55. The summed E-state index contributed by atoms with van der Waals surface area (Å²) in [6.07, 6.45) is 0. The molecule has 0 bridgehead atoms. The van der Waals surface area contributed by atoms with Crippen LogP contribution in [0.5, 0.6) is 5.75 Å². The number of halogens is 1. The third kappa shape index (κ3) is 3.65. The Kier molecular flexibility index (Phi) is 6.06. The lowest BCUT2D eigenvalue weighted by Crippen LogP contribution is -2.21. The molecule has 128 valence electrons. The normalized spacial score (nSPS) is 11.0. The van der Waals surface area contributed by atoms with Crippen molar-refractivity contribution in [2.45, 2.75) is 6.92 Å². The molecule has 0 aliphatic rings. The van der Waals surface area contributed by atoms with Crippen LogP contribution in [0.4, 0.5) is 5.69 Å². The van der Waals surface area contributed by atoms with Gasteiger partial charge in [0, 0.05) is 33.6 Å². The van der Waals surface area contributed by atoms with Crippen molar-refractivity contribution in [1.29, 1.82) is 0 Å². The minimum atomic E-state index is -0.0271. The number of anilines is 1. The molecule has 2 aromatic carbocycles. The maximum Gasteiger partial charge on any atom is 0.198 e. The van der Waals surface area contributed by atoms with E-state index in [0.717, 1.165) is 33.7 Å². The molecule has 4 nitrogen and oxygen atoms in total. The third-order valence-electron chi connectivity index (χ3n) is 3.88. The summed E-state index contributed by atoms with van der Waals surface area (Å²) in [5.41, 5.74) is 1.93. The van der Waals surface area contributed by atoms with E-state index in [1.165, 1.54) is 0 Å². The Morgan fingerprint density at radius 2 is 1.96 bits per heavy atom. The summed E-state index contributed by atoms with van der Waals surface area (Å²) < 4.78 is 1.90. The Bertz CT molecular complexity index is 938. The number of benzene rings is 2. The lowest BCUT2D eigenvalue weighted by molar-refractivity contribution is 0.425. The highest BCUT2D eigenvalue weighted by Crippen LogP contribution is 2.32. The van der Waals surface area contributed by atoms with E-state index in [-0.39, 0.29) is 35.2 Å². The van der Waals surface area contributed by atoms with Crippen LogP contribution in [0.1, 0.15) is 5.56 Å². The molecule has 0 fully saturated rings. The molecule has 0 aliphatic carbocycles. The van der Waals surface area contributed by atoms with E-state index in [1.54, 1.807) is 23.5 Å². The van der Waals surface area contributed by atoms with Crippen LogP contribution in [0.2, 0.25) is 0 Å². The van der Waals surface area contributed by atoms with Gasteiger partial charge in [0.05, 0.1) is 5.39 Å². The van der Waals surface area contributed by atoms with Gasteiger partial charge < -0.3 is 15.3 Å². The fourth-order valence-electron chi connectivity index (χ4n) is 2.63. The number of nitrogens with zero attached hydrogens (tertiary/aromatic N) is 1. The number of likely N-dealkylation sites (N-methyl/N-ethyl adjacent to an activating group) is 1. The van der Waals surface area contributed by atoms with Crippen LogP contribution in [0.3, 0.4) is 0 Å². The van der Waals surface area contributed by atoms with Gasteiger partial charge in [-0.05, 0) is 50.8 Å². The van der Waals surface area contributed by atoms with Gasteiger partial charge in [-0.15, -0.1) is 35.3 Å². The minimum Gasteiger partial charge on any atom is -0.508 e. The maximum atomic E-state index is 13.0. The van der Waals surface area contributed by atoms with Crippen LogP contribution in [0, 0.1) is 6.92 Å². The molecule has 6 heteroatoms. The molecule has 0 radical (unpaired) electrons. The van der Waals surface area contributed by atoms with Crippen LogP contribution in [-0.4, -0.2) is 37.2 Å². The number of phenolic OH excluding ortho intramolecular Hbond substituents is 1. The summed E-state index contributed by atoms with van der Waals surface area (Å²) in [5.74, 6) is 0.121. The fraction of sp³-hybridized carbons (Fsp3) is 0.278. The Hall–Kier alpha value is -1.38. The predicted octanol–water partition coefficient (Wildman–Crippen LogP) is 4.02. The molecular weight excluding hydrogens is 435 g/mol. The molecule has 3 aromatic rings. The van der Waals surface area contributed by atoms with Crippen molar-refractivity contribution in [3.8, 4) is 5.75 Å². The summed E-state index contributed by atoms with van der Waals surface area (Å²) >= 11 is 1.59. The van der Waals surface area contributed by atoms with Gasteiger partial charge in [-0.1, -0.05) is 6.07 Å². The van der Waals surface area contributed by atoms with Crippen molar-refractivity contribution in [2.75, 3.05) is 32.5 Å². The summed E-state index contributed by atoms with van der Waals surface area (Å²) in [5, 5.41) is 14.4. The summed E-state index contributed by atoms with van der Waals surface area (Å²) in [6, 6.07) is 9.00. The second-order valence-corrected chi connectivity index (χ2v) is 7.03. The molecule has 0 atom stereocenters. The lowest BCUT2D eigenvalue weighted by Gasteiger charge is -2.14. The molecule has 2 N–H and O–H groups in total. The quantitative estimate of drug-likeness (QED) is 0.460. The maximum absolute atomic E-state index is 13.0. The minimum absolute atomic E-state index is 0. The van der Waals surface area contributed by atoms with Gasteiger partial charge in [0.15, 0.2) is 5.43 Å². The smallest absolute Gasteiger partial charge is 0.198 e. The second-order valence-electron chi connectivity index (χ2n) is 5.98. The van der Waals surface area contributed by atoms with Crippen LogP contribution in [0.25, 0.3) is 20.2 Å². The number of rotatable bonds is 4. The van der Waals surface area contributed by atoms with E-state index < -0.39 is 0 Å². The van der Waals surface area contributed by atoms with E-state index in [4.69, 9.17) is 0 Å². The highest BCUT2D eigenvalue weighted by atomic mass is 127. The number of aromatic hydroxyl groups is 1. The molecule has 1 heterocycles. The Balaban J connectivity index is 0.00000208. The molecule has 0 amide bonds. The molecule has 0 saturated heterocycles. The van der Waals surface area contributed by atoms with Crippen LogP contribution in [-0.2, 0) is 0 Å². The molecule has 24 heavy (non-hydrogen) atoms. The zero-order valence-electron chi connectivity index (χ0n) is 13.9. The highest BCUT2D eigenvalue weighted by molar-refractivity contribution is 14.0. The zero-order valence-corrected chi connectivity index (χ0v) is 17.1. The highest BCUT2D eigenvalue weighted by Gasteiger charge is 2.12. The van der Waals surface area contributed by atoms with Gasteiger partial charge in [-0.3, -0.25) is 4.79 Å². The van der Waals surface area contributed by atoms with Gasteiger partial charge in [0.1, 0.15) is 5.75 Å². The van der Waals surface area contributed by atoms with E-state index in [9.17, 15) is 9.90 Å². The van der Waals surface area contributed by atoms with E-state index in [1.807, 2.05) is 39.2 Å². The number of hydrogen-bond donors (Lipinski definition) is 2.